The normalized spacial score (nSPS) is 23.8. The minimum atomic E-state index is -4.49. The number of benzene rings is 2. The zero-order valence-corrected chi connectivity index (χ0v) is 34.8. The van der Waals surface area contributed by atoms with Crippen molar-refractivity contribution in [2.75, 3.05) is 47.6 Å². The summed E-state index contributed by atoms with van der Waals surface area (Å²) >= 11 is 9.02. The highest BCUT2D eigenvalue weighted by Crippen LogP contribution is 2.41. The quantitative estimate of drug-likeness (QED) is 0.0564. The van der Waals surface area contributed by atoms with Crippen molar-refractivity contribution in [1.29, 1.82) is 0 Å². The third kappa shape index (κ3) is 10.9. The lowest BCUT2D eigenvalue weighted by Gasteiger charge is -2.21. The van der Waals surface area contributed by atoms with Gasteiger partial charge in [0.15, 0.2) is 0 Å². The van der Waals surface area contributed by atoms with Gasteiger partial charge in [-0.15, -0.1) is 22.7 Å². The van der Waals surface area contributed by atoms with E-state index in [9.17, 15) is 57.0 Å². The number of aliphatic hydroxyl groups excluding tert-OH is 6. The lowest BCUT2D eigenvalue weighted by molar-refractivity contribution is -0.116. The molecule has 0 unspecified atom stereocenters. The summed E-state index contributed by atoms with van der Waals surface area (Å²) in [4.78, 5) is 25.3. The van der Waals surface area contributed by atoms with Gasteiger partial charge in [-0.25, -0.2) is 19.9 Å². The van der Waals surface area contributed by atoms with Crippen LogP contribution in [0, 0.1) is 11.8 Å². The molecule has 0 saturated heterocycles. The fourth-order valence-corrected chi connectivity index (χ4v) is 9.42. The van der Waals surface area contributed by atoms with Crippen LogP contribution in [0.4, 0.5) is 49.9 Å². The van der Waals surface area contributed by atoms with E-state index in [0.29, 0.717) is 21.1 Å². The summed E-state index contributed by atoms with van der Waals surface area (Å²) in [7, 11) is 0. The Morgan fingerprint density at radius 1 is 0.619 bits per heavy atom. The fourth-order valence-electron chi connectivity index (χ4n) is 7.11. The first kappa shape index (κ1) is 46.2. The van der Waals surface area contributed by atoms with Crippen molar-refractivity contribution in [1.82, 2.24) is 29.9 Å². The summed E-state index contributed by atoms with van der Waals surface area (Å²) in [5, 5.41) is 70.8. The van der Waals surface area contributed by atoms with E-state index in [4.69, 9.17) is 11.6 Å². The largest absolute Gasteiger partial charge is 0.405 e. The number of aromatic nitrogens is 6. The topological polar surface area (TPSA) is 247 Å². The van der Waals surface area contributed by atoms with Crippen molar-refractivity contribution < 1.29 is 57.0 Å². The zero-order chi connectivity index (χ0) is 45.2. The minimum Gasteiger partial charge on any atom is -0.396 e. The number of alkyl halides is 6. The smallest absolute Gasteiger partial charge is 0.396 e. The molecule has 4 aromatic heterocycles. The van der Waals surface area contributed by atoms with Gasteiger partial charge in [-0.3, -0.25) is 0 Å². The highest BCUT2D eigenvalue weighted by molar-refractivity contribution is 7.22. The van der Waals surface area contributed by atoms with E-state index in [-0.39, 0.29) is 60.3 Å². The summed E-state index contributed by atoms with van der Waals surface area (Å²) in [6.07, 6.45) is -11.8. The molecule has 2 aliphatic rings. The maximum absolute atomic E-state index is 12.6. The van der Waals surface area contributed by atoms with Gasteiger partial charge in [-0.2, -0.15) is 36.3 Å². The SMILES string of the molecule is OC[C@H]1C[C@@H](Nc2nc(NCC(F)(F)F)nc(Cl)c2-c2nc3ccccc3s2)[C@H](O)[C@@H]1O.OC[C@H]1C[C@@H](Nc2nc(NCC(F)(F)F)ncc2-c2nc3ccccc3s2)[C@H](O)[C@@H]1O. The van der Waals surface area contributed by atoms with Crippen LogP contribution in [0.2, 0.25) is 5.15 Å². The monoisotopic (exact) mass is 944 g/mol. The Hall–Kier alpha value is -4.79. The number of thiazole rings is 2. The number of aliphatic hydroxyl groups is 6. The summed E-state index contributed by atoms with van der Waals surface area (Å²) in [5.41, 5.74) is 2.17. The number of rotatable bonds is 12. The number of fused-ring (bicyclic) bond motifs is 2. The van der Waals surface area contributed by atoms with Crippen LogP contribution in [0.1, 0.15) is 12.8 Å². The van der Waals surface area contributed by atoms with Crippen LogP contribution in [-0.2, 0) is 0 Å². The minimum absolute atomic E-state index is 0.0589. The van der Waals surface area contributed by atoms with Crippen LogP contribution >= 0.6 is 34.3 Å². The predicted molar refractivity (Wildman–Crippen MR) is 225 cm³/mol. The molecule has 338 valence electrons. The van der Waals surface area contributed by atoms with Crippen LogP contribution in [0.25, 0.3) is 41.6 Å². The molecule has 0 amide bonds. The van der Waals surface area contributed by atoms with Gasteiger partial charge in [0.25, 0.3) is 0 Å². The zero-order valence-electron chi connectivity index (χ0n) is 32.4. The standard InChI is InChI=1S/C19H19ClF3N5O3S.C19H20F3N5O3S/c20-15-12(17-26-9-3-1-2-4-11(9)32-17)16(28-18(27-15)24-7-19(21,22)23)25-10-5-8(6-29)13(30)14(10)31;20-19(21,22)8-24-18-23-6-10(17-26-11-3-1-2-4-13(11)31-17)16(27-18)25-12-5-9(7-28)14(29)15(12)30/h1-4,8,10,13-14,29-31H,5-7H2,(H2,24,25,27,28);1-4,6,9,12,14-15,28-30H,5,7-8H2,(H2,23,24,25,27)/t8-,10-,13-,14+;9-,12-,14-,15+/m11/s1. The molecule has 2 saturated carbocycles. The van der Waals surface area contributed by atoms with Gasteiger partial charge in [0.2, 0.25) is 11.9 Å². The van der Waals surface area contributed by atoms with Crippen LogP contribution in [0.15, 0.2) is 54.7 Å². The van der Waals surface area contributed by atoms with Gasteiger partial charge in [-0.05, 0) is 37.1 Å². The Morgan fingerprint density at radius 2 is 1.10 bits per heavy atom. The maximum Gasteiger partial charge on any atom is 0.405 e. The number of anilines is 4. The number of para-hydroxylation sites is 2. The first-order valence-electron chi connectivity index (χ1n) is 19.2. The molecule has 8 rings (SSSR count). The summed E-state index contributed by atoms with van der Waals surface area (Å²) < 4.78 is 77.5. The maximum atomic E-state index is 12.6. The summed E-state index contributed by atoms with van der Waals surface area (Å²) in [6.45, 7) is -3.29. The highest BCUT2D eigenvalue weighted by atomic mass is 35.5. The van der Waals surface area contributed by atoms with Crippen molar-refractivity contribution in [2.24, 2.45) is 11.8 Å². The van der Waals surface area contributed by atoms with E-state index in [1.165, 1.54) is 28.9 Å². The molecule has 0 radical (unpaired) electrons. The molecule has 10 N–H and O–H groups in total. The van der Waals surface area contributed by atoms with Gasteiger partial charge >= 0.3 is 12.4 Å². The second-order valence-electron chi connectivity index (χ2n) is 14.7. The van der Waals surface area contributed by atoms with Crippen LogP contribution < -0.4 is 21.3 Å². The molecular weight excluding hydrogens is 906 g/mol. The molecular formula is C38H39ClF6N10O6S2. The molecule has 0 spiro atoms. The van der Waals surface area contributed by atoms with Gasteiger partial charge in [0, 0.05) is 31.2 Å². The third-order valence-electron chi connectivity index (χ3n) is 10.3. The van der Waals surface area contributed by atoms with E-state index >= 15 is 0 Å². The number of hydrogen-bond donors (Lipinski definition) is 10. The predicted octanol–water partition coefficient (Wildman–Crippen LogP) is 5.14. The molecule has 4 heterocycles. The van der Waals surface area contributed by atoms with Crippen LogP contribution in [-0.4, -0.2) is 136 Å². The summed E-state index contributed by atoms with van der Waals surface area (Å²) in [5.74, 6) is -1.45. The van der Waals surface area contributed by atoms with Crippen molar-refractivity contribution in [3.05, 3.63) is 59.9 Å². The van der Waals surface area contributed by atoms with E-state index in [1.807, 2.05) is 42.5 Å². The Morgan fingerprint density at radius 3 is 1.60 bits per heavy atom. The van der Waals surface area contributed by atoms with Crippen LogP contribution in [0.3, 0.4) is 0 Å². The van der Waals surface area contributed by atoms with E-state index in [1.54, 1.807) is 6.07 Å². The molecule has 25 heteroatoms. The molecule has 0 bridgehead atoms. The number of nitrogens with one attached hydrogen (secondary N) is 4. The first-order valence-corrected chi connectivity index (χ1v) is 21.2. The van der Waals surface area contributed by atoms with Crippen LogP contribution in [0.5, 0.6) is 0 Å². The second kappa shape index (κ2) is 19.1. The Labute approximate surface area is 366 Å². The molecule has 6 aromatic rings. The average Bonchev–Trinajstić information content (AvgIpc) is 4.00. The molecule has 16 nitrogen and oxygen atoms in total. The second-order valence-corrected chi connectivity index (χ2v) is 17.2. The molecule has 2 aliphatic carbocycles. The van der Waals surface area contributed by atoms with Gasteiger partial charge in [0.05, 0.1) is 55.9 Å². The number of hydrogen-bond acceptors (Lipinski definition) is 18. The fraction of sp³-hybridized carbons (Fsp3) is 0.421. The van der Waals surface area contributed by atoms with Gasteiger partial charge in [-0.1, -0.05) is 35.9 Å². The Kier molecular flexibility index (Phi) is 14.0. The van der Waals surface area contributed by atoms with E-state index in [0.717, 1.165) is 14.9 Å². The third-order valence-corrected chi connectivity index (χ3v) is 12.7. The average molecular weight is 945 g/mol. The van der Waals surface area contributed by atoms with Crippen molar-refractivity contribution in [3.8, 4) is 21.1 Å². The highest BCUT2D eigenvalue weighted by Gasteiger charge is 2.43. The van der Waals surface area contributed by atoms with E-state index < -0.39 is 73.8 Å². The van der Waals surface area contributed by atoms with Crippen molar-refractivity contribution in [3.63, 3.8) is 0 Å². The molecule has 8 atom stereocenters. The van der Waals surface area contributed by atoms with Gasteiger partial charge < -0.3 is 51.9 Å². The Balaban J connectivity index is 0.000000189. The lowest BCUT2D eigenvalue weighted by Crippen LogP contribution is -2.35. The number of nitrogens with zero attached hydrogens (tertiary/aromatic N) is 6. The summed E-state index contributed by atoms with van der Waals surface area (Å²) in [6, 6.07) is 13.4. The molecule has 63 heavy (non-hydrogen) atoms. The van der Waals surface area contributed by atoms with Crippen molar-refractivity contribution >= 4 is 78.2 Å². The number of halogens is 7. The van der Waals surface area contributed by atoms with E-state index in [2.05, 4.69) is 51.2 Å². The first-order chi connectivity index (χ1) is 29.9. The molecule has 2 aromatic carbocycles. The molecule has 0 aliphatic heterocycles. The van der Waals surface area contributed by atoms with Gasteiger partial charge in [0.1, 0.15) is 52.1 Å². The molecule has 2 fully saturated rings. The Bertz CT molecular complexity index is 2460. The van der Waals surface area contributed by atoms with Crippen molar-refractivity contribution in [2.45, 2.75) is 61.7 Å². The lowest BCUT2D eigenvalue weighted by atomic mass is 10.1.